The van der Waals surface area contributed by atoms with Crippen LogP contribution in [0.4, 0.5) is 5.69 Å². The van der Waals surface area contributed by atoms with Gasteiger partial charge in [-0.1, -0.05) is 90.0 Å². The lowest BCUT2D eigenvalue weighted by Crippen LogP contribution is -2.08. The third-order valence-corrected chi connectivity index (χ3v) is 2.84. The van der Waals surface area contributed by atoms with Crippen LogP contribution >= 0.6 is 0 Å². The van der Waals surface area contributed by atoms with E-state index in [2.05, 4.69) is 18.8 Å². The molecule has 3 heteroatoms. The average Bonchev–Trinajstić information content (AvgIpc) is 2.66. The van der Waals surface area contributed by atoms with Crippen LogP contribution in [0.5, 0.6) is 0 Å². The minimum absolute atomic E-state index is 0.0545. The van der Waals surface area contributed by atoms with Gasteiger partial charge in [0.1, 0.15) is 0 Å². The number of rotatable bonds is 6. The molecule has 1 unspecified atom stereocenters. The number of nitrogens with one attached hydrogen (secondary N) is 1. The maximum absolute atomic E-state index is 11.0. The molecule has 1 aromatic rings. The van der Waals surface area contributed by atoms with Crippen molar-refractivity contribution in [2.75, 3.05) is 5.32 Å². The molecule has 0 bridgehead atoms. The molecule has 0 radical (unpaired) electrons. The minimum Gasteiger partial charge on any atom is -0.389 e. The summed E-state index contributed by atoms with van der Waals surface area (Å²) in [5, 5.41) is 12.0. The molecule has 0 aromatic heterocycles. The molecule has 0 spiro atoms. The monoisotopic (exact) mass is 363 g/mol. The van der Waals surface area contributed by atoms with Gasteiger partial charge < -0.3 is 10.4 Å². The second-order valence-corrected chi connectivity index (χ2v) is 5.33. The summed E-state index contributed by atoms with van der Waals surface area (Å²) >= 11 is 0. The number of carbonyl (C=O) groups is 1. The van der Waals surface area contributed by atoms with Crippen molar-refractivity contribution in [2.24, 2.45) is 0 Å². The van der Waals surface area contributed by atoms with Gasteiger partial charge in [-0.2, -0.15) is 0 Å². The van der Waals surface area contributed by atoms with E-state index in [-0.39, 0.29) is 12.0 Å². The third-order valence-electron chi connectivity index (χ3n) is 2.84. The molecular formula is C23H41NO2. The van der Waals surface area contributed by atoms with Crippen molar-refractivity contribution in [3.05, 3.63) is 54.1 Å². The SMILES string of the molecule is C=C(C)/C=C\C(O)CCC.CC.CC.CCC(=O)Nc1ccc(C)cc1. The Balaban J connectivity index is -0.000000346. The van der Waals surface area contributed by atoms with Crippen LogP contribution in [0.1, 0.15) is 73.3 Å². The highest BCUT2D eigenvalue weighted by atomic mass is 16.3. The van der Waals surface area contributed by atoms with Crippen LogP contribution in [0, 0.1) is 6.92 Å². The number of aliphatic hydroxyl groups excluding tert-OH is 1. The fraction of sp³-hybridized carbons (Fsp3) is 0.522. The maximum Gasteiger partial charge on any atom is 0.224 e. The number of hydrogen-bond donors (Lipinski definition) is 2. The fourth-order valence-corrected chi connectivity index (χ4v) is 1.55. The molecule has 0 aliphatic carbocycles. The van der Waals surface area contributed by atoms with Gasteiger partial charge in [-0.05, 0) is 32.4 Å². The fourth-order valence-electron chi connectivity index (χ4n) is 1.55. The number of carbonyl (C=O) groups excluding carboxylic acids is 1. The van der Waals surface area contributed by atoms with Crippen molar-refractivity contribution in [3.63, 3.8) is 0 Å². The molecule has 2 N–H and O–H groups in total. The normalized spacial score (nSPS) is 10.2. The maximum atomic E-state index is 11.0. The smallest absolute Gasteiger partial charge is 0.224 e. The Kier molecular flexibility index (Phi) is 23.5. The summed E-state index contributed by atoms with van der Waals surface area (Å²) in [5.74, 6) is 0.0545. The van der Waals surface area contributed by atoms with Gasteiger partial charge in [-0.3, -0.25) is 4.79 Å². The molecule has 0 saturated heterocycles. The Morgan fingerprint density at radius 1 is 1.15 bits per heavy atom. The average molecular weight is 364 g/mol. The zero-order valence-electron chi connectivity index (χ0n) is 18.2. The van der Waals surface area contributed by atoms with E-state index in [4.69, 9.17) is 0 Å². The third kappa shape index (κ3) is 20.2. The number of aryl methyl sites for hydroxylation is 1. The van der Waals surface area contributed by atoms with Crippen LogP contribution in [-0.4, -0.2) is 17.1 Å². The lowest BCUT2D eigenvalue weighted by molar-refractivity contribution is -0.115. The summed E-state index contributed by atoms with van der Waals surface area (Å²) in [6.45, 7) is 19.5. The van der Waals surface area contributed by atoms with E-state index in [1.807, 2.05) is 78.8 Å². The van der Waals surface area contributed by atoms with Crippen LogP contribution in [0.3, 0.4) is 0 Å². The number of allylic oxidation sites excluding steroid dienone is 2. The molecule has 0 aliphatic rings. The van der Waals surface area contributed by atoms with E-state index in [0.29, 0.717) is 6.42 Å². The zero-order valence-corrected chi connectivity index (χ0v) is 18.2. The molecular weight excluding hydrogens is 322 g/mol. The van der Waals surface area contributed by atoms with Crippen molar-refractivity contribution in [3.8, 4) is 0 Å². The summed E-state index contributed by atoms with van der Waals surface area (Å²) in [6.07, 6.45) is 5.72. The van der Waals surface area contributed by atoms with Gasteiger partial charge >= 0.3 is 0 Å². The first-order valence-electron chi connectivity index (χ1n) is 9.77. The van der Waals surface area contributed by atoms with Gasteiger partial charge in [0.15, 0.2) is 0 Å². The number of anilines is 1. The summed E-state index contributed by atoms with van der Waals surface area (Å²) < 4.78 is 0. The van der Waals surface area contributed by atoms with E-state index in [0.717, 1.165) is 24.1 Å². The summed E-state index contributed by atoms with van der Waals surface area (Å²) in [6, 6.07) is 7.77. The van der Waals surface area contributed by atoms with E-state index in [1.165, 1.54) is 5.56 Å². The van der Waals surface area contributed by atoms with Crippen molar-refractivity contribution in [1.29, 1.82) is 0 Å². The first-order valence-corrected chi connectivity index (χ1v) is 9.77. The minimum atomic E-state index is -0.290. The van der Waals surface area contributed by atoms with Gasteiger partial charge in [-0.25, -0.2) is 0 Å². The first-order chi connectivity index (χ1) is 12.4. The number of amides is 1. The largest absolute Gasteiger partial charge is 0.389 e. The zero-order chi connectivity index (χ0) is 21.0. The standard InChI is InChI=1S/C10H13NO.C9H16O.2C2H6/c1-3-10(12)11-9-6-4-8(2)5-7-9;1-4-5-9(10)7-6-8(2)3;2*1-2/h4-7H,3H2,1-2H3,(H,11,12);6-7,9-10H,2,4-5H2,1,3H3;2*1-2H3/b;7-6-;;. The lowest BCUT2D eigenvalue weighted by Gasteiger charge is -2.02. The van der Waals surface area contributed by atoms with Gasteiger partial charge in [0.05, 0.1) is 6.10 Å². The Bertz CT molecular complexity index is 475. The molecule has 26 heavy (non-hydrogen) atoms. The second-order valence-electron chi connectivity index (χ2n) is 5.33. The van der Waals surface area contributed by atoms with Crippen molar-refractivity contribution >= 4 is 11.6 Å². The molecule has 1 atom stereocenters. The summed E-state index contributed by atoms with van der Waals surface area (Å²) in [5.41, 5.74) is 3.05. The van der Waals surface area contributed by atoms with E-state index < -0.39 is 0 Å². The molecule has 0 fully saturated rings. The highest BCUT2D eigenvalue weighted by molar-refractivity contribution is 5.90. The highest BCUT2D eigenvalue weighted by Gasteiger charge is 1.96. The lowest BCUT2D eigenvalue weighted by atomic mass is 10.2. The first kappa shape index (κ1) is 28.9. The Labute approximate surface area is 162 Å². The molecule has 150 valence electrons. The van der Waals surface area contributed by atoms with Crippen LogP contribution in [0.15, 0.2) is 48.6 Å². The van der Waals surface area contributed by atoms with Gasteiger partial charge in [-0.15, -0.1) is 0 Å². The summed E-state index contributed by atoms with van der Waals surface area (Å²) in [4.78, 5) is 11.0. The van der Waals surface area contributed by atoms with E-state index in [9.17, 15) is 9.90 Å². The predicted octanol–water partition coefficient (Wildman–Crippen LogP) is 6.68. The quantitative estimate of drug-likeness (QED) is 0.554. The molecule has 0 heterocycles. The summed E-state index contributed by atoms with van der Waals surface area (Å²) in [7, 11) is 0. The Hall–Kier alpha value is -1.87. The van der Waals surface area contributed by atoms with E-state index >= 15 is 0 Å². The number of hydrogen-bond acceptors (Lipinski definition) is 2. The van der Waals surface area contributed by atoms with Crippen LogP contribution < -0.4 is 5.32 Å². The van der Waals surface area contributed by atoms with Gasteiger partial charge in [0.2, 0.25) is 5.91 Å². The molecule has 0 saturated carbocycles. The molecule has 3 nitrogen and oxygen atoms in total. The molecule has 1 amide bonds. The van der Waals surface area contributed by atoms with Crippen LogP contribution in [0.2, 0.25) is 0 Å². The second kappa shape index (κ2) is 21.2. The number of aliphatic hydroxyl groups is 1. The van der Waals surface area contributed by atoms with Gasteiger partial charge in [0.25, 0.3) is 0 Å². The predicted molar refractivity (Wildman–Crippen MR) is 118 cm³/mol. The van der Waals surface area contributed by atoms with Crippen molar-refractivity contribution in [1.82, 2.24) is 0 Å². The molecule has 0 aliphatic heterocycles. The molecule has 1 rings (SSSR count). The van der Waals surface area contributed by atoms with Crippen molar-refractivity contribution in [2.45, 2.75) is 80.8 Å². The van der Waals surface area contributed by atoms with Crippen molar-refractivity contribution < 1.29 is 9.90 Å². The topological polar surface area (TPSA) is 49.3 Å². The van der Waals surface area contributed by atoms with Crippen LogP contribution in [0.25, 0.3) is 0 Å². The Morgan fingerprint density at radius 3 is 2.04 bits per heavy atom. The van der Waals surface area contributed by atoms with E-state index in [1.54, 1.807) is 6.08 Å². The highest BCUT2D eigenvalue weighted by Crippen LogP contribution is 2.08. The number of benzene rings is 1. The Morgan fingerprint density at radius 2 is 1.65 bits per heavy atom. The van der Waals surface area contributed by atoms with Gasteiger partial charge in [0, 0.05) is 12.1 Å². The van der Waals surface area contributed by atoms with Crippen LogP contribution in [-0.2, 0) is 4.79 Å². The molecule has 1 aromatic carbocycles.